The first-order chi connectivity index (χ1) is 18.8. The fourth-order valence-electron chi connectivity index (χ4n) is 3.69. The highest BCUT2D eigenvalue weighted by atomic mass is 35.5. The van der Waals surface area contributed by atoms with Gasteiger partial charge in [-0.15, -0.1) is 0 Å². The minimum atomic E-state index is -0.457. The molecule has 1 N–H and O–H groups in total. The van der Waals surface area contributed by atoms with E-state index in [-0.39, 0.29) is 11.6 Å². The van der Waals surface area contributed by atoms with Crippen molar-refractivity contribution in [2.45, 2.75) is 34.6 Å². The molecule has 4 rings (SSSR count). The van der Waals surface area contributed by atoms with Crippen LogP contribution in [0.4, 0.5) is 17.3 Å². The lowest BCUT2D eigenvalue weighted by atomic mass is 10.0. The maximum Gasteiger partial charge on any atom is 0.293 e. The van der Waals surface area contributed by atoms with Gasteiger partial charge in [0.15, 0.2) is 0 Å². The number of aromatic nitrogens is 2. The number of halogens is 2. The fraction of sp³-hybridized carbons (Fsp3) is 0.286. The molecule has 4 aromatic rings. The number of hydrogen-bond acceptors (Lipinski definition) is 8. The molecule has 39 heavy (non-hydrogen) atoms. The summed E-state index contributed by atoms with van der Waals surface area (Å²) in [5, 5.41) is 15.7. The molecule has 1 aromatic heterocycles. The van der Waals surface area contributed by atoms with Gasteiger partial charge in [-0.2, -0.15) is 0 Å². The number of rotatable bonds is 7. The number of nitro benzene ring substituents is 1. The van der Waals surface area contributed by atoms with Crippen molar-refractivity contribution in [3.63, 3.8) is 0 Å². The molecule has 0 unspecified atom stereocenters. The summed E-state index contributed by atoms with van der Waals surface area (Å²) in [6, 6.07) is 9.91. The normalized spacial score (nSPS) is 10.0. The van der Waals surface area contributed by atoms with Crippen LogP contribution in [0.5, 0.6) is 17.2 Å². The SMILES string of the molecule is CC.CC.COc1cc2nc(Nc3c(C)cccc3[N+](=O)[O-])ncc2cc1-c1c(Cl)c(OC)cc(OC)c1Cl. The van der Waals surface area contributed by atoms with Crippen molar-refractivity contribution in [2.75, 3.05) is 26.6 Å². The predicted octanol–water partition coefficient (Wildman–Crippen LogP) is 8.64. The molecule has 3 aromatic carbocycles. The number of nitrogens with one attached hydrogen (secondary N) is 1. The van der Waals surface area contributed by atoms with Crippen LogP contribution in [0.15, 0.2) is 42.6 Å². The van der Waals surface area contributed by atoms with Gasteiger partial charge in [0, 0.05) is 40.9 Å². The molecule has 208 valence electrons. The van der Waals surface area contributed by atoms with Gasteiger partial charge in [0.1, 0.15) is 22.9 Å². The van der Waals surface area contributed by atoms with Crippen molar-refractivity contribution < 1.29 is 19.1 Å². The number of fused-ring (bicyclic) bond motifs is 1. The lowest BCUT2D eigenvalue weighted by Gasteiger charge is -2.17. The number of aryl methyl sites for hydroxylation is 1. The molecule has 9 nitrogen and oxygen atoms in total. The summed E-state index contributed by atoms with van der Waals surface area (Å²) in [5.74, 6) is 1.42. The third kappa shape index (κ3) is 6.61. The largest absolute Gasteiger partial charge is 0.496 e. The average Bonchev–Trinajstić information content (AvgIpc) is 2.96. The van der Waals surface area contributed by atoms with Gasteiger partial charge in [0.2, 0.25) is 5.95 Å². The predicted molar refractivity (Wildman–Crippen MR) is 158 cm³/mol. The molecule has 0 aliphatic heterocycles. The Bertz CT molecular complexity index is 1440. The highest BCUT2D eigenvalue weighted by molar-refractivity contribution is 6.41. The van der Waals surface area contributed by atoms with E-state index in [4.69, 9.17) is 37.4 Å². The Morgan fingerprint density at radius 2 is 1.49 bits per heavy atom. The fourth-order valence-corrected chi connectivity index (χ4v) is 4.39. The van der Waals surface area contributed by atoms with E-state index in [0.29, 0.717) is 60.6 Å². The summed E-state index contributed by atoms with van der Waals surface area (Å²) in [6.45, 7) is 9.77. The summed E-state index contributed by atoms with van der Waals surface area (Å²) in [7, 11) is 4.51. The van der Waals surface area contributed by atoms with E-state index in [9.17, 15) is 10.1 Å². The lowest BCUT2D eigenvalue weighted by Crippen LogP contribution is -2.03. The molecule has 0 aliphatic carbocycles. The van der Waals surface area contributed by atoms with Gasteiger partial charge in [-0.3, -0.25) is 10.1 Å². The highest BCUT2D eigenvalue weighted by Gasteiger charge is 2.23. The van der Waals surface area contributed by atoms with E-state index >= 15 is 0 Å². The molecule has 0 bridgehead atoms. The summed E-state index contributed by atoms with van der Waals surface area (Å²) >= 11 is 13.2. The summed E-state index contributed by atoms with van der Waals surface area (Å²) in [4.78, 5) is 19.9. The van der Waals surface area contributed by atoms with E-state index in [1.807, 2.05) is 27.7 Å². The first kappa shape index (κ1) is 31.4. The molecule has 0 saturated carbocycles. The molecule has 0 atom stereocenters. The van der Waals surface area contributed by atoms with Crippen molar-refractivity contribution in [1.82, 2.24) is 9.97 Å². The molecule has 1 heterocycles. The van der Waals surface area contributed by atoms with Crippen LogP contribution in [-0.2, 0) is 0 Å². The molecule has 0 spiro atoms. The first-order valence-corrected chi connectivity index (χ1v) is 13.0. The Morgan fingerprint density at radius 3 is 2.03 bits per heavy atom. The number of anilines is 2. The van der Waals surface area contributed by atoms with Crippen LogP contribution >= 0.6 is 23.2 Å². The minimum absolute atomic E-state index is 0.0714. The van der Waals surface area contributed by atoms with E-state index in [1.54, 1.807) is 43.5 Å². The number of methoxy groups -OCH3 is 3. The zero-order valence-corrected chi connectivity index (χ0v) is 24.7. The summed E-state index contributed by atoms with van der Waals surface area (Å²) in [6.07, 6.45) is 1.59. The Kier molecular flexibility index (Phi) is 11.6. The van der Waals surface area contributed by atoms with Crippen molar-refractivity contribution >= 4 is 51.4 Å². The van der Waals surface area contributed by atoms with E-state index in [1.165, 1.54) is 27.4 Å². The Hall–Kier alpha value is -3.82. The van der Waals surface area contributed by atoms with Gasteiger partial charge in [-0.05, 0) is 18.6 Å². The molecule has 0 radical (unpaired) electrons. The third-order valence-corrected chi connectivity index (χ3v) is 6.18. The van der Waals surface area contributed by atoms with Gasteiger partial charge in [-0.25, -0.2) is 9.97 Å². The second kappa shape index (κ2) is 14.4. The summed E-state index contributed by atoms with van der Waals surface area (Å²) in [5.41, 5.74) is 2.54. The van der Waals surface area contributed by atoms with Crippen LogP contribution in [0.3, 0.4) is 0 Å². The monoisotopic (exact) mass is 574 g/mol. The number of nitrogens with zero attached hydrogens (tertiary/aromatic N) is 3. The maximum atomic E-state index is 11.4. The highest BCUT2D eigenvalue weighted by Crippen LogP contribution is 2.49. The van der Waals surface area contributed by atoms with Gasteiger partial charge in [0.25, 0.3) is 5.69 Å². The van der Waals surface area contributed by atoms with Crippen LogP contribution in [0.25, 0.3) is 22.0 Å². The molecular weight excluding hydrogens is 543 g/mol. The zero-order chi connectivity index (χ0) is 29.3. The van der Waals surface area contributed by atoms with E-state index < -0.39 is 4.92 Å². The van der Waals surface area contributed by atoms with Crippen molar-refractivity contribution in [1.29, 1.82) is 0 Å². The first-order valence-electron chi connectivity index (χ1n) is 12.2. The van der Waals surface area contributed by atoms with E-state index in [2.05, 4.69) is 15.3 Å². The molecular formula is C28H32Cl2N4O5. The van der Waals surface area contributed by atoms with Gasteiger partial charge < -0.3 is 19.5 Å². The lowest BCUT2D eigenvalue weighted by molar-refractivity contribution is -0.384. The average molecular weight is 575 g/mol. The van der Waals surface area contributed by atoms with Crippen LogP contribution < -0.4 is 19.5 Å². The summed E-state index contributed by atoms with van der Waals surface area (Å²) < 4.78 is 16.4. The standard InChI is InChI=1S/C24H20Cl2N4O5.2C2H6/c1-12-6-5-7-16(30(31)32)23(12)29-24-27-11-13-8-14(17(33-2)9-15(13)28-24)20-21(25)18(34-3)10-19(35-4)22(20)26;2*1-2/h5-11H,1-4H3,(H,27,28,29);2*1-2H3. The Morgan fingerprint density at radius 1 is 0.897 bits per heavy atom. The molecule has 0 saturated heterocycles. The maximum absolute atomic E-state index is 11.4. The Labute approximate surface area is 238 Å². The van der Waals surface area contributed by atoms with Crippen LogP contribution in [0, 0.1) is 17.0 Å². The number of ether oxygens (including phenoxy) is 3. The van der Waals surface area contributed by atoms with Crippen LogP contribution in [0.2, 0.25) is 10.0 Å². The Balaban J connectivity index is 0.00000127. The van der Waals surface area contributed by atoms with Crippen molar-refractivity contribution in [2.24, 2.45) is 0 Å². The topological polar surface area (TPSA) is 109 Å². The van der Waals surface area contributed by atoms with Gasteiger partial charge in [-0.1, -0.05) is 63.0 Å². The van der Waals surface area contributed by atoms with Gasteiger partial charge >= 0.3 is 0 Å². The van der Waals surface area contributed by atoms with Crippen LogP contribution in [0.1, 0.15) is 33.3 Å². The number of hydrogen-bond donors (Lipinski definition) is 1. The van der Waals surface area contributed by atoms with Crippen LogP contribution in [-0.4, -0.2) is 36.2 Å². The minimum Gasteiger partial charge on any atom is -0.496 e. The zero-order valence-electron chi connectivity index (χ0n) is 23.2. The number of benzene rings is 3. The third-order valence-electron chi connectivity index (χ3n) is 5.43. The molecule has 0 aliphatic rings. The van der Waals surface area contributed by atoms with Gasteiger partial charge in [0.05, 0.1) is 41.8 Å². The molecule has 0 fully saturated rings. The second-order valence-corrected chi connectivity index (χ2v) is 8.20. The molecule has 11 heteroatoms. The molecule has 0 amide bonds. The second-order valence-electron chi connectivity index (χ2n) is 7.44. The number of para-hydroxylation sites is 1. The van der Waals surface area contributed by atoms with Crippen molar-refractivity contribution in [3.05, 3.63) is 68.3 Å². The number of nitro groups is 1. The van der Waals surface area contributed by atoms with Crippen molar-refractivity contribution in [3.8, 4) is 28.4 Å². The van der Waals surface area contributed by atoms with E-state index in [0.717, 1.165) is 0 Å². The smallest absolute Gasteiger partial charge is 0.293 e. The quantitative estimate of drug-likeness (QED) is 0.172.